The molecule has 236 valence electrons. The number of aliphatic hydroxyl groups excluding tert-OH is 1. The minimum Gasteiger partial charge on any atom is -0.480 e. The number of hydrogen-bond acceptors (Lipinski definition) is 8. The van der Waals surface area contributed by atoms with Gasteiger partial charge in [-0.05, 0) is 44.9 Å². The average molecular weight is 604 g/mol. The van der Waals surface area contributed by atoms with E-state index in [2.05, 4.69) is 57.7 Å². The van der Waals surface area contributed by atoms with Gasteiger partial charge in [0.15, 0.2) is 6.04 Å². The number of phosphoric ester groups is 1. The molecule has 0 heterocycles. The third kappa shape index (κ3) is 25.2. The number of aliphatic hydroxyl groups is 1. The van der Waals surface area contributed by atoms with Gasteiger partial charge in [0.2, 0.25) is 5.91 Å². The maximum absolute atomic E-state index is 12.0. The highest BCUT2D eigenvalue weighted by Gasteiger charge is 2.28. The zero-order chi connectivity index (χ0) is 30.8. The second kappa shape index (κ2) is 25.4. The van der Waals surface area contributed by atoms with Gasteiger partial charge < -0.3 is 25.2 Å². The van der Waals surface area contributed by atoms with Crippen molar-refractivity contribution in [2.75, 3.05) is 19.8 Å². The third-order valence-corrected chi connectivity index (χ3v) is 6.64. The lowest BCUT2D eigenvalue weighted by molar-refractivity contribution is -0.147. The molecule has 0 rings (SSSR count). The van der Waals surface area contributed by atoms with Crippen molar-refractivity contribution in [1.82, 2.24) is 5.32 Å². The van der Waals surface area contributed by atoms with Crippen LogP contribution in [-0.2, 0) is 32.7 Å². The topological polar surface area (TPSA) is 169 Å². The molecule has 12 heteroatoms. The van der Waals surface area contributed by atoms with Crippen LogP contribution in [0.3, 0.4) is 0 Å². The highest BCUT2D eigenvalue weighted by Crippen LogP contribution is 2.43. The number of carboxylic acids is 1. The number of nitrogens with one attached hydrogen (secondary N) is 1. The summed E-state index contributed by atoms with van der Waals surface area (Å²) in [5.41, 5.74) is 0. The van der Waals surface area contributed by atoms with E-state index in [0.29, 0.717) is 12.8 Å². The number of carbonyl (C=O) groups is 3. The second-order valence-corrected chi connectivity index (χ2v) is 11.0. The third-order valence-electron chi connectivity index (χ3n) is 5.69. The predicted molar refractivity (Wildman–Crippen MR) is 157 cm³/mol. The van der Waals surface area contributed by atoms with E-state index in [9.17, 15) is 34.1 Å². The van der Waals surface area contributed by atoms with Gasteiger partial charge in [-0.3, -0.25) is 18.6 Å². The molecule has 0 bridgehead atoms. The van der Waals surface area contributed by atoms with Gasteiger partial charge in [-0.25, -0.2) is 9.36 Å². The van der Waals surface area contributed by atoms with E-state index < -0.39 is 57.6 Å². The monoisotopic (exact) mass is 603 g/mol. The maximum atomic E-state index is 12.0. The minimum absolute atomic E-state index is 0.134. The van der Waals surface area contributed by atoms with Crippen molar-refractivity contribution in [2.45, 2.75) is 109 Å². The van der Waals surface area contributed by atoms with E-state index in [0.717, 1.165) is 57.8 Å². The molecule has 4 N–H and O–H groups in total. The molecule has 0 aliphatic carbocycles. The van der Waals surface area contributed by atoms with Crippen LogP contribution in [0, 0.1) is 0 Å². The zero-order valence-electron chi connectivity index (χ0n) is 24.6. The Hall–Kier alpha value is -2.30. The number of ether oxygens (including phenoxy) is 1. The van der Waals surface area contributed by atoms with E-state index in [1.165, 1.54) is 0 Å². The Labute approximate surface area is 244 Å². The van der Waals surface area contributed by atoms with Gasteiger partial charge in [-0.1, -0.05) is 76.0 Å². The second-order valence-electron chi connectivity index (χ2n) is 9.56. The lowest BCUT2D eigenvalue weighted by Gasteiger charge is -2.18. The molecule has 0 spiro atoms. The SMILES string of the molecule is CC/C=C\C/C=C\C/C=C\CCCCCC(=O)OCC(O)COP(=O)(O)OCC(NC(=O)CCCCCC)C(=O)O. The summed E-state index contributed by atoms with van der Waals surface area (Å²) in [6.07, 6.45) is 21.4. The van der Waals surface area contributed by atoms with Crippen molar-refractivity contribution in [3.05, 3.63) is 36.5 Å². The Morgan fingerprint density at radius 1 is 0.805 bits per heavy atom. The molecule has 41 heavy (non-hydrogen) atoms. The van der Waals surface area contributed by atoms with E-state index in [1.807, 2.05) is 6.92 Å². The van der Waals surface area contributed by atoms with Crippen LogP contribution < -0.4 is 5.32 Å². The fraction of sp³-hybridized carbons (Fsp3) is 0.690. The standard InChI is InChI=1S/C29H50NO10P/c1-3-5-7-9-10-11-12-13-14-15-16-17-19-21-28(33)38-22-25(31)23-39-41(36,37)40-24-26(29(34)35)30-27(32)20-18-8-6-4-2/h5,7,10-11,13-14,25-26,31H,3-4,6,8-9,12,15-24H2,1-2H3,(H,30,32)(H,34,35)(H,36,37)/b7-5-,11-10-,14-13-. The Kier molecular flexibility index (Phi) is 24.0. The van der Waals surface area contributed by atoms with E-state index in [1.54, 1.807) is 0 Å². The average Bonchev–Trinajstić information content (AvgIpc) is 2.93. The number of amides is 1. The van der Waals surface area contributed by atoms with Crippen LogP contribution >= 0.6 is 7.82 Å². The Morgan fingerprint density at radius 2 is 1.41 bits per heavy atom. The van der Waals surface area contributed by atoms with Gasteiger partial charge in [0.05, 0.1) is 13.2 Å². The van der Waals surface area contributed by atoms with Crippen molar-refractivity contribution < 1.29 is 47.8 Å². The van der Waals surface area contributed by atoms with Crippen LogP contribution in [0.4, 0.5) is 0 Å². The summed E-state index contributed by atoms with van der Waals surface area (Å²) in [6.45, 7) is 2.21. The summed E-state index contributed by atoms with van der Waals surface area (Å²) in [6, 6.07) is -1.54. The number of esters is 1. The van der Waals surface area contributed by atoms with Crippen LogP contribution in [0.25, 0.3) is 0 Å². The molecule has 0 aromatic heterocycles. The first-order valence-corrected chi connectivity index (χ1v) is 16.0. The largest absolute Gasteiger partial charge is 0.480 e. The van der Waals surface area contributed by atoms with Gasteiger partial charge >= 0.3 is 19.8 Å². The predicted octanol–water partition coefficient (Wildman–Crippen LogP) is 5.37. The van der Waals surface area contributed by atoms with Gasteiger partial charge in [-0.15, -0.1) is 0 Å². The number of aliphatic carboxylic acids is 1. The van der Waals surface area contributed by atoms with Crippen molar-refractivity contribution in [3.8, 4) is 0 Å². The summed E-state index contributed by atoms with van der Waals surface area (Å²) >= 11 is 0. The van der Waals surface area contributed by atoms with E-state index >= 15 is 0 Å². The summed E-state index contributed by atoms with van der Waals surface area (Å²) in [5, 5.41) is 21.4. The van der Waals surface area contributed by atoms with Crippen molar-refractivity contribution in [2.24, 2.45) is 0 Å². The zero-order valence-corrected chi connectivity index (χ0v) is 25.5. The molecule has 0 aromatic rings. The molecule has 0 saturated carbocycles. The number of allylic oxidation sites excluding steroid dienone is 6. The summed E-state index contributed by atoms with van der Waals surface area (Å²) in [7, 11) is -4.73. The number of carbonyl (C=O) groups excluding carboxylic acids is 2. The Bertz CT molecular complexity index is 859. The molecule has 3 unspecified atom stereocenters. The van der Waals surface area contributed by atoms with Crippen molar-refractivity contribution >= 4 is 25.7 Å². The number of rotatable bonds is 26. The van der Waals surface area contributed by atoms with Gasteiger partial charge in [0.1, 0.15) is 12.7 Å². The number of carboxylic acid groups (broad SMARTS) is 1. The number of phosphoric acid groups is 1. The smallest absolute Gasteiger partial charge is 0.472 e. The molecule has 0 aliphatic heterocycles. The molecule has 0 aliphatic rings. The highest BCUT2D eigenvalue weighted by atomic mass is 31.2. The first-order chi connectivity index (χ1) is 19.6. The maximum Gasteiger partial charge on any atom is 0.472 e. The lowest BCUT2D eigenvalue weighted by atomic mass is 10.1. The summed E-state index contributed by atoms with van der Waals surface area (Å²) in [5.74, 6) is -2.44. The van der Waals surface area contributed by atoms with Crippen LogP contribution in [0.15, 0.2) is 36.5 Å². The Balaban J connectivity index is 4.05. The fourth-order valence-corrected chi connectivity index (χ4v) is 4.16. The molecule has 0 fully saturated rings. The number of unbranched alkanes of at least 4 members (excludes halogenated alkanes) is 6. The molecule has 0 aromatic carbocycles. The molecular weight excluding hydrogens is 553 g/mol. The van der Waals surface area contributed by atoms with Gasteiger partial charge in [0.25, 0.3) is 0 Å². The fourth-order valence-electron chi connectivity index (χ4n) is 3.38. The quantitative estimate of drug-likeness (QED) is 0.0436. The normalized spacial score (nSPS) is 14.8. The van der Waals surface area contributed by atoms with Crippen LogP contribution in [0.1, 0.15) is 97.3 Å². The van der Waals surface area contributed by atoms with Crippen molar-refractivity contribution in [1.29, 1.82) is 0 Å². The first-order valence-electron chi connectivity index (χ1n) is 14.5. The summed E-state index contributed by atoms with van der Waals surface area (Å²) < 4.78 is 26.3. The van der Waals surface area contributed by atoms with Gasteiger partial charge in [-0.2, -0.15) is 0 Å². The van der Waals surface area contributed by atoms with E-state index in [-0.39, 0.29) is 12.8 Å². The molecule has 3 atom stereocenters. The molecule has 1 amide bonds. The summed E-state index contributed by atoms with van der Waals surface area (Å²) in [4.78, 5) is 44.9. The molecule has 0 radical (unpaired) electrons. The van der Waals surface area contributed by atoms with Crippen LogP contribution in [0.5, 0.6) is 0 Å². The van der Waals surface area contributed by atoms with Crippen molar-refractivity contribution in [3.63, 3.8) is 0 Å². The highest BCUT2D eigenvalue weighted by molar-refractivity contribution is 7.47. The van der Waals surface area contributed by atoms with E-state index in [4.69, 9.17) is 4.74 Å². The Morgan fingerprint density at radius 3 is 2.07 bits per heavy atom. The molecular formula is C29H50NO10P. The van der Waals surface area contributed by atoms with Crippen LogP contribution in [-0.4, -0.2) is 64.9 Å². The first kappa shape index (κ1) is 38.7. The van der Waals surface area contributed by atoms with Crippen LogP contribution in [0.2, 0.25) is 0 Å². The lowest BCUT2D eigenvalue weighted by Crippen LogP contribution is -2.43. The van der Waals surface area contributed by atoms with Gasteiger partial charge in [0, 0.05) is 12.8 Å². The number of hydrogen-bond donors (Lipinski definition) is 4. The molecule has 11 nitrogen and oxygen atoms in total. The minimum atomic E-state index is -4.73. The molecule has 0 saturated heterocycles.